The molecule has 1 saturated heterocycles. The molecule has 1 fully saturated rings. The van der Waals surface area contributed by atoms with E-state index in [9.17, 15) is 4.79 Å². The van der Waals surface area contributed by atoms with E-state index in [2.05, 4.69) is 24.9 Å². The first-order valence-electron chi connectivity index (χ1n) is 8.00. The maximum Gasteiger partial charge on any atom is 0.257 e. The summed E-state index contributed by atoms with van der Waals surface area (Å²) in [5.74, 6) is 0.563. The second kappa shape index (κ2) is 7.26. The Kier molecular flexibility index (Phi) is 5.05. The molecule has 1 aliphatic rings. The van der Waals surface area contributed by atoms with Crippen molar-refractivity contribution >= 4 is 35.2 Å². The summed E-state index contributed by atoms with van der Waals surface area (Å²) in [6.07, 6.45) is 3.19. The summed E-state index contributed by atoms with van der Waals surface area (Å²) in [5, 5.41) is 7.43. The van der Waals surface area contributed by atoms with Crippen molar-refractivity contribution in [3.05, 3.63) is 18.0 Å². The number of nitrogen functional groups attached to an aromatic ring is 1. The Morgan fingerprint density at radius 3 is 2.69 bits per heavy atom. The van der Waals surface area contributed by atoms with Gasteiger partial charge in [0.1, 0.15) is 5.52 Å². The van der Waals surface area contributed by atoms with Crippen molar-refractivity contribution in [3.63, 3.8) is 0 Å². The number of nitrogens with two attached hydrogens (primary N) is 1. The molecule has 4 heterocycles. The van der Waals surface area contributed by atoms with Gasteiger partial charge in [-0.05, 0) is 17.2 Å². The van der Waals surface area contributed by atoms with Crippen LogP contribution in [0.3, 0.4) is 0 Å². The van der Waals surface area contributed by atoms with Crippen LogP contribution in [0.5, 0.6) is 0 Å². The van der Waals surface area contributed by atoms with Gasteiger partial charge in [0, 0.05) is 25.8 Å². The van der Waals surface area contributed by atoms with E-state index in [-0.39, 0.29) is 24.1 Å². The number of rotatable bonds is 3. The lowest BCUT2D eigenvalue weighted by molar-refractivity contribution is 0.0303. The number of fused-ring (bicyclic) bond motifs is 1. The van der Waals surface area contributed by atoms with E-state index in [4.69, 9.17) is 10.5 Å². The molecule has 0 aliphatic carbocycles. The number of pyridine rings is 1. The van der Waals surface area contributed by atoms with Gasteiger partial charge < -0.3 is 19.9 Å². The number of ether oxygens (including phenoxy) is 1. The number of morpholine rings is 1. The van der Waals surface area contributed by atoms with Crippen LogP contribution in [-0.4, -0.2) is 62.0 Å². The molecule has 10 nitrogen and oxygen atoms in total. The van der Waals surface area contributed by atoms with Crippen LogP contribution in [0.1, 0.15) is 17.3 Å². The molecule has 0 spiro atoms. The molecule has 4 rings (SSSR count). The van der Waals surface area contributed by atoms with Gasteiger partial charge in [-0.2, -0.15) is 0 Å². The monoisotopic (exact) mass is 379 g/mol. The van der Waals surface area contributed by atoms with Crippen molar-refractivity contribution in [1.29, 1.82) is 0 Å². The van der Waals surface area contributed by atoms with Gasteiger partial charge in [-0.15, -0.1) is 12.4 Å². The van der Waals surface area contributed by atoms with Crippen LogP contribution in [-0.2, 0) is 11.3 Å². The average molecular weight is 380 g/mol. The van der Waals surface area contributed by atoms with Crippen LogP contribution >= 0.6 is 12.4 Å². The van der Waals surface area contributed by atoms with Crippen molar-refractivity contribution in [2.45, 2.75) is 13.5 Å². The summed E-state index contributed by atoms with van der Waals surface area (Å²) in [6.45, 7) is 4.72. The van der Waals surface area contributed by atoms with Gasteiger partial charge >= 0.3 is 0 Å². The first-order valence-corrected chi connectivity index (χ1v) is 8.00. The fourth-order valence-corrected chi connectivity index (χ4v) is 3.02. The second-order valence-electron chi connectivity index (χ2n) is 5.64. The number of halogens is 1. The van der Waals surface area contributed by atoms with E-state index in [0.29, 0.717) is 61.0 Å². The molecular formula is C15H18ClN7O3. The SMILES string of the molecule is CCn1c(-c2nonc2N)nc2cncc(C(=O)N3CCOCC3)c21.Cl. The molecule has 3 aromatic rings. The number of nitrogens with zero attached hydrogens (tertiary/aromatic N) is 6. The van der Waals surface area contributed by atoms with Crippen LogP contribution < -0.4 is 5.73 Å². The molecule has 2 N–H and O–H groups in total. The summed E-state index contributed by atoms with van der Waals surface area (Å²) < 4.78 is 11.9. The van der Waals surface area contributed by atoms with Gasteiger partial charge in [0.25, 0.3) is 5.91 Å². The summed E-state index contributed by atoms with van der Waals surface area (Å²) >= 11 is 0. The lowest BCUT2D eigenvalue weighted by Crippen LogP contribution is -2.40. The molecule has 138 valence electrons. The topological polar surface area (TPSA) is 125 Å². The zero-order valence-corrected chi connectivity index (χ0v) is 14.9. The minimum atomic E-state index is -0.0891. The molecule has 0 atom stereocenters. The highest BCUT2D eigenvalue weighted by Gasteiger charge is 2.25. The molecule has 0 unspecified atom stereocenters. The highest BCUT2D eigenvalue weighted by Crippen LogP contribution is 2.28. The molecule has 0 aromatic carbocycles. The van der Waals surface area contributed by atoms with Crippen molar-refractivity contribution in [2.24, 2.45) is 0 Å². The second-order valence-corrected chi connectivity index (χ2v) is 5.64. The molecule has 0 radical (unpaired) electrons. The standard InChI is InChI=1S/C15H17N7O3.ClH/c1-2-22-12-9(15(23)21-3-5-24-6-4-21)7-17-8-10(12)18-14(22)11-13(16)20-25-19-11;/h7-8H,2-6H2,1H3,(H2,16,20);1H. The molecule has 11 heteroatoms. The number of aromatic nitrogens is 5. The first-order chi connectivity index (χ1) is 12.2. The van der Waals surface area contributed by atoms with Crippen molar-refractivity contribution < 1.29 is 14.2 Å². The molecule has 1 amide bonds. The number of carbonyl (C=O) groups excluding carboxylic acids is 1. The Hall–Kier alpha value is -2.72. The Balaban J connectivity index is 0.00000196. The lowest BCUT2D eigenvalue weighted by atomic mass is 10.2. The van der Waals surface area contributed by atoms with E-state index in [1.165, 1.54) is 0 Å². The van der Waals surface area contributed by atoms with E-state index in [0.717, 1.165) is 0 Å². The number of aryl methyl sites for hydroxylation is 1. The number of imidazole rings is 1. The van der Waals surface area contributed by atoms with Crippen molar-refractivity contribution in [3.8, 4) is 11.5 Å². The van der Waals surface area contributed by atoms with Gasteiger partial charge in [-0.1, -0.05) is 0 Å². The van der Waals surface area contributed by atoms with Crippen LogP contribution in [0.2, 0.25) is 0 Å². The zero-order chi connectivity index (χ0) is 17.4. The van der Waals surface area contributed by atoms with Crippen LogP contribution in [0.15, 0.2) is 17.0 Å². The third-order valence-corrected chi connectivity index (χ3v) is 4.22. The fourth-order valence-electron chi connectivity index (χ4n) is 3.02. The summed E-state index contributed by atoms with van der Waals surface area (Å²) in [6, 6.07) is 0. The van der Waals surface area contributed by atoms with Gasteiger partial charge in [0.2, 0.25) is 0 Å². The highest BCUT2D eigenvalue weighted by molar-refractivity contribution is 6.05. The van der Waals surface area contributed by atoms with Crippen molar-refractivity contribution in [1.82, 2.24) is 29.7 Å². The Morgan fingerprint density at radius 1 is 1.27 bits per heavy atom. The smallest absolute Gasteiger partial charge is 0.257 e. The predicted octanol–water partition coefficient (Wildman–Crippen LogP) is 0.978. The van der Waals surface area contributed by atoms with Gasteiger partial charge in [-0.25, -0.2) is 9.61 Å². The lowest BCUT2D eigenvalue weighted by Gasteiger charge is -2.27. The number of amides is 1. The number of carbonyl (C=O) groups is 1. The predicted molar refractivity (Wildman–Crippen MR) is 94.9 cm³/mol. The van der Waals surface area contributed by atoms with Crippen molar-refractivity contribution in [2.75, 3.05) is 32.0 Å². The third-order valence-electron chi connectivity index (χ3n) is 4.22. The summed E-state index contributed by atoms with van der Waals surface area (Å²) in [7, 11) is 0. The zero-order valence-electron chi connectivity index (χ0n) is 14.1. The molecule has 3 aromatic heterocycles. The maximum absolute atomic E-state index is 13.0. The number of hydrogen-bond acceptors (Lipinski definition) is 8. The van der Waals surface area contributed by atoms with Crippen LogP contribution in [0.25, 0.3) is 22.6 Å². The summed E-state index contributed by atoms with van der Waals surface area (Å²) in [5.41, 5.74) is 7.95. The van der Waals surface area contributed by atoms with E-state index in [1.54, 1.807) is 17.3 Å². The van der Waals surface area contributed by atoms with Gasteiger partial charge in [0.15, 0.2) is 17.3 Å². The maximum atomic E-state index is 13.0. The molecule has 0 saturated carbocycles. The van der Waals surface area contributed by atoms with E-state index >= 15 is 0 Å². The first kappa shape index (κ1) is 18.1. The normalized spacial score (nSPS) is 14.4. The van der Waals surface area contributed by atoms with E-state index in [1.807, 2.05) is 11.5 Å². The Morgan fingerprint density at radius 2 is 2.04 bits per heavy atom. The molecule has 0 bridgehead atoms. The fraction of sp³-hybridized carbons (Fsp3) is 0.400. The van der Waals surface area contributed by atoms with E-state index < -0.39 is 0 Å². The molecule has 1 aliphatic heterocycles. The largest absolute Gasteiger partial charge is 0.379 e. The quantitative estimate of drug-likeness (QED) is 0.713. The van der Waals surface area contributed by atoms with Crippen LogP contribution in [0.4, 0.5) is 5.82 Å². The van der Waals surface area contributed by atoms with Gasteiger partial charge in [-0.3, -0.25) is 9.78 Å². The highest BCUT2D eigenvalue weighted by atomic mass is 35.5. The number of anilines is 1. The van der Waals surface area contributed by atoms with Crippen LogP contribution in [0, 0.1) is 0 Å². The molecular weight excluding hydrogens is 362 g/mol. The minimum absolute atomic E-state index is 0. The number of hydrogen-bond donors (Lipinski definition) is 1. The summed E-state index contributed by atoms with van der Waals surface area (Å²) in [4.78, 5) is 23.4. The minimum Gasteiger partial charge on any atom is -0.379 e. The third kappa shape index (κ3) is 2.86. The van der Waals surface area contributed by atoms with Gasteiger partial charge in [0.05, 0.1) is 30.5 Å². The molecule has 26 heavy (non-hydrogen) atoms. The Labute approximate surface area is 154 Å². The average Bonchev–Trinajstić information content (AvgIpc) is 3.24. The Bertz CT molecular complexity index is 933.